The summed E-state index contributed by atoms with van der Waals surface area (Å²) in [5.74, 6) is -3.78. The molecule has 0 bridgehead atoms. The van der Waals surface area contributed by atoms with Gasteiger partial charge in [-0.3, -0.25) is 19.0 Å². The molecule has 0 unspecified atom stereocenters. The van der Waals surface area contributed by atoms with Crippen LogP contribution < -0.4 is 5.56 Å². The standard InChI is InChI=1S/C18H12F2N2O4/c19-13-6-5-11(7-14(13)20)16(23)9-26-17(24)8-22-10-21-15-4-2-1-3-12(15)18(22)25/h1-7,10H,8-9H2. The first-order valence-electron chi connectivity index (χ1n) is 7.54. The minimum absolute atomic E-state index is 0.124. The number of ketones is 1. The van der Waals surface area contributed by atoms with E-state index in [-0.39, 0.29) is 5.56 Å². The van der Waals surface area contributed by atoms with E-state index in [0.29, 0.717) is 10.9 Å². The minimum atomic E-state index is -1.17. The normalized spacial score (nSPS) is 10.7. The average Bonchev–Trinajstić information content (AvgIpc) is 2.64. The summed E-state index contributed by atoms with van der Waals surface area (Å²) in [6.45, 7) is -1.08. The summed E-state index contributed by atoms with van der Waals surface area (Å²) in [4.78, 5) is 40.1. The molecule has 0 radical (unpaired) electrons. The lowest BCUT2D eigenvalue weighted by atomic mass is 10.1. The Labute approximate surface area is 145 Å². The third-order valence-corrected chi connectivity index (χ3v) is 3.64. The molecule has 0 saturated carbocycles. The number of rotatable bonds is 5. The van der Waals surface area contributed by atoms with Crippen LogP contribution in [0, 0.1) is 11.6 Å². The largest absolute Gasteiger partial charge is 0.456 e. The Morgan fingerprint density at radius 2 is 1.85 bits per heavy atom. The van der Waals surface area contributed by atoms with Gasteiger partial charge in [0.2, 0.25) is 0 Å². The SMILES string of the molecule is O=C(Cn1cnc2ccccc2c1=O)OCC(=O)c1ccc(F)c(F)c1. The number of hydrogen-bond acceptors (Lipinski definition) is 5. The van der Waals surface area contributed by atoms with Gasteiger partial charge in [0.25, 0.3) is 5.56 Å². The predicted molar refractivity (Wildman–Crippen MR) is 87.7 cm³/mol. The van der Waals surface area contributed by atoms with Gasteiger partial charge in [-0.25, -0.2) is 13.8 Å². The Kier molecular flexibility index (Phi) is 4.83. The Balaban J connectivity index is 1.66. The molecule has 0 aliphatic rings. The molecule has 0 spiro atoms. The van der Waals surface area contributed by atoms with Crippen molar-refractivity contribution < 1.29 is 23.1 Å². The zero-order chi connectivity index (χ0) is 18.7. The smallest absolute Gasteiger partial charge is 0.326 e. The van der Waals surface area contributed by atoms with Crippen molar-refractivity contribution in [3.63, 3.8) is 0 Å². The van der Waals surface area contributed by atoms with Crippen molar-refractivity contribution in [1.29, 1.82) is 0 Å². The number of fused-ring (bicyclic) bond motifs is 1. The predicted octanol–water partition coefficient (Wildman–Crippen LogP) is 2.10. The Morgan fingerprint density at radius 1 is 1.08 bits per heavy atom. The molecule has 3 aromatic rings. The van der Waals surface area contributed by atoms with Crippen LogP contribution in [0.15, 0.2) is 53.6 Å². The van der Waals surface area contributed by atoms with Crippen molar-refractivity contribution in [2.45, 2.75) is 6.54 Å². The molecule has 3 rings (SSSR count). The molecule has 1 heterocycles. The van der Waals surface area contributed by atoms with Crippen LogP contribution in [-0.2, 0) is 16.1 Å². The lowest BCUT2D eigenvalue weighted by molar-refractivity contribution is -0.143. The first-order valence-corrected chi connectivity index (χ1v) is 7.54. The van der Waals surface area contributed by atoms with Gasteiger partial charge in [-0.1, -0.05) is 12.1 Å². The van der Waals surface area contributed by atoms with Gasteiger partial charge in [0.15, 0.2) is 24.0 Å². The summed E-state index contributed by atoms with van der Waals surface area (Å²) in [6.07, 6.45) is 1.21. The van der Waals surface area contributed by atoms with E-state index in [9.17, 15) is 23.2 Å². The van der Waals surface area contributed by atoms with Crippen LogP contribution in [-0.4, -0.2) is 27.9 Å². The fourth-order valence-corrected chi connectivity index (χ4v) is 2.30. The summed E-state index contributed by atoms with van der Waals surface area (Å²) < 4.78 is 31.8. The topological polar surface area (TPSA) is 78.3 Å². The highest BCUT2D eigenvalue weighted by Gasteiger charge is 2.14. The zero-order valence-corrected chi connectivity index (χ0v) is 13.3. The number of benzene rings is 2. The number of halogens is 2. The van der Waals surface area contributed by atoms with E-state index in [0.717, 1.165) is 22.8 Å². The minimum Gasteiger partial charge on any atom is -0.456 e. The first kappa shape index (κ1) is 17.4. The number of hydrogen-bond donors (Lipinski definition) is 0. The van der Waals surface area contributed by atoms with E-state index in [1.165, 1.54) is 6.33 Å². The Hall–Kier alpha value is -3.42. The summed E-state index contributed by atoms with van der Waals surface area (Å²) in [5.41, 5.74) is -0.0450. The molecule has 0 amide bonds. The molecular formula is C18H12F2N2O4. The van der Waals surface area contributed by atoms with Crippen LogP contribution in [0.4, 0.5) is 8.78 Å². The fourth-order valence-electron chi connectivity index (χ4n) is 2.30. The molecule has 0 aliphatic heterocycles. The highest BCUT2D eigenvalue weighted by molar-refractivity contribution is 5.97. The third kappa shape index (κ3) is 3.64. The second-order valence-corrected chi connectivity index (χ2v) is 5.41. The molecule has 8 heteroatoms. The lowest BCUT2D eigenvalue weighted by Crippen LogP contribution is -2.26. The van der Waals surface area contributed by atoms with E-state index in [1.807, 2.05) is 0 Å². The third-order valence-electron chi connectivity index (χ3n) is 3.64. The summed E-state index contributed by atoms with van der Waals surface area (Å²) in [6, 6.07) is 9.28. The van der Waals surface area contributed by atoms with Crippen molar-refractivity contribution >= 4 is 22.7 Å². The zero-order valence-electron chi connectivity index (χ0n) is 13.3. The van der Waals surface area contributed by atoms with Crippen LogP contribution in [0.3, 0.4) is 0 Å². The average molecular weight is 358 g/mol. The van der Waals surface area contributed by atoms with Crippen molar-refractivity contribution in [1.82, 2.24) is 9.55 Å². The van der Waals surface area contributed by atoms with Gasteiger partial charge in [-0.05, 0) is 30.3 Å². The van der Waals surface area contributed by atoms with E-state index >= 15 is 0 Å². The van der Waals surface area contributed by atoms with Crippen LogP contribution in [0.1, 0.15) is 10.4 Å². The van der Waals surface area contributed by atoms with Crippen LogP contribution in [0.5, 0.6) is 0 Å². The molecule has 0 N–H and O–H groups in total. The van der Waals surface area contributed by atoms with Crippen molar-refractivity contribution in [3.8, 4) is 0 Å². The number of esters is 1. The molecule has 2 aromatic carbocycles. The van der Waals surface area contributed by atoms with E-state index in [4.69, 9.17) is 4.74 Å². The van der Waals surface area contributed by atoms with Gasteiger partial charge in [-0.15, -0.1) is 0 Å². The number of aromatic nitrogens is 2. The number of para-hydroxylation sites is 1. The molecule has 0 saturated heterocycles. The first-order chi connectivity index (χ1) is 12.5. The molecular weight excluding hydrogens is 346 g/mol. The van der Waals surface area contributed by atoms with E-state index < -0.39 is 42.1 Å². The highest BCUT2D eigenvalue weighted by Crippen LogP contribution is 2.09. The molecule has 132 valence electrons. The van der Waals surface area contributed by atoms with Gasteiger partial charge in [0.1, 0.15) is 6.54 Å². The number of carbonyl (C=O) groups excluding carboxylic acids is 2. The monoisotopic (exact) mass is 358 g/mol. The molecule has 1 aromatic heterocycles. The number of Topliss-reactive ketones (excluding diaryl/α,β-unsaturated/α-hetero) is 1. The molecule has 26 heavy (non-hydrogen) atoms. The maximum atomic E-state index is 13.1. The maximum absolute atomic E-state index is 13.1. The van der Waals surface area contributed by atoms with E-state index in [2.05, 4.69) is 4.98 Å². The summed E-state index contributed by atoms with van der Waals surface area (Å²) in [7, 11) is 0. The Morgan fingerprint density at radius 3 is 2.62 bits per heavy atom. The van der Waals surface area contributed by atoms with Gasteiger partial charge in [0.05, 0.1) is 17.2 Å². The fraction of sp³-hybridized carbons (Fsp3) is 0.111. The maximum Gasteiger partial charge on any atom is 0.326 e. The van der Waals surface area contributed by atoms with Crippen LogP contribution >= 0.6 is 0 Å². The van der Waals surface area contributed by atoms with Crippen molar-refractivity contribution in [2.75, 3.05) is 6.61 Å². The quantitative estimate of drug-likeness (QED) is 0.516. The molecule has 0 fully saturated rings. The van der Waals surface area contributed by atoms with Gasteiger partial charge < -0.3 is 4.74 Å². The number of ether oxygens (including phenoxy) is 1. The van der Waals surface area contributed by atoms with Crippen molar-refractivity contribution in [3.05, 3.63) is 76.3 Å². The Bertz CT molecular complexity index is 1060. The second-order valence-electron chi connectivity index (χ2n) is 5.41. The number of carbonyl (C=O) groups is 2. The van der Waals surface area contributed by atoms with Gasteiger partial charge >= 0.3 is 5.97 Å². The van der Waals surface area contributed by atoms with Crippen LogP contribution in [0.25, 0.3) is 10.9 Å². The number of nitrogens with zero attached hydrogens (tertiary/aromatic N) is 2. The summed E-state index contributed by atoms with van der Waals surface area (Å²) in [5, 5.41) is 0.348. The van der Waals surface area contributed by atoms with Gasteiger partial charge in [0, 0.05) is 5.56 Å². The highest BCUT2D eigenvalue weighted by atomic mass is 19.2. The van der Waals surface area contributed by atoms with Gasteiger partial charge in [-0.2, -0.15) is 0 Å². The lowest BCUT2D eigenvalue weighted by Gasteiger charge is -2.07. The molecule has 6 nitrogen and oxygen atoms in total. The van der Waals surface area contributed by atoms with Crippen LogP contribution in [0.2, 0.25) is 0 Å². The van der Waals surface area contributed by atoms with Crippen molar-refractivity contribution in [2.24, 2.45) is 0 Å². The molecule has 0 aliphatic carbocycles. The summed E-state index contributed by atoms with van der Waals surface area (Å²) >= 11 is 0. The molecule has 0 atom stereocenters. The second kappa shape index (κ2) is 7.22. The van der Waals surface area contributed by atoms with E-state index in [1.54, 1.807) is 24.3 Å².